The van der Waals surface area contributed by atoms with Gasteiger partial charge in [-0.15, -0.1) is 66.5 Å². The van der Waals surface area contributed by atoms with Crippen LogP contribution >= 0.6 is 66.5 Å². The number of para-hydroxylation sites is 2. The van der Waals surface area contributed by atoms with Crippen LogP contribution in [0.5, 0.6) is 0 Å². The smallest absolute Gasteiger partial charge is 0.311 e. The van der Waals surface area contributed by atoms with Crippen molar-refractivity contribution in [3.63, 3.8) is 0 Å². The largest absolute Gasteiger partial charge is 0.341 e. The first-order chi connectivity index (χ1) is 25.0. The lowest BCUT2D eigenvalue weighted by molar-refractivity contribution is 0.580. The van der Waals surface area contributed by atoms with Gasteiger partial charge in [0, 0.05) is 34.1 Å². The molecular weight excluding hydrogens is 801 g/mol. The lowest BCUT2D eigenvalue weighted by atomic mass is 9.94. The summed E-state index contributed by atoms with van der Waals surface area (Å²) in [6.07, 6.45) is 11.6. The van der Waals surface area contributed by atoms with Crippen molar-refractivity contribution < 1.29 is 0 Å². The lowest BCUT2D eigenvalue weighted by Crippen LogP contribution is -2.17. The Labute approximate surface area is 338 Å². The fourth-order valence-electron chi connectivity index (χ4n) is 6.56. The summed E-state index contributed by atoms with van der Waals surface area (Å²) in [5.41, 5.74) is 10.2. The zero-order valence-electron chi connectivity index (χ0n) is 28.6. The molecule has 0 spiro atoms. The molecular formula is C42H40Cl6N2Si2. The second kappa shape index (κ2) is 18.1. The van der Waals surface area contributed by atoms with E-state index in [4.69, 9.17) is 66.5 Å². The monoisotopic (exact) mass is 838 g/mol. The molecule has 1 aliphatic carbocycles. The molecule has 6 rings (SSSR count). The Bertz CT molecular complexity index is 1920. The molecule has 268 valence electrons. The number of allylic oxidation sites excluding steroid dienone is 3. The van der Waals surface area contributed by atoms with Gasteiger partial charge in [-0.1, -0.05) is 91.4 Å². The standard InChI is InChI=1S/C42H40Cl6N2Si2/c43-51(44,45)31-7-9-33-15-23-39(24-16-33)49(37-11-3-1-4-12-37)41-27-19-35(20-28-41)36-21-29-42(30-22-36)50(38-13-5-2-6-14-38)40-25-17-34(18-26-40)10-8-32-52(46,47)48/h1-6,11-17,19-30,34H,7-10,18,31-32H2. The Balaban J connectivity index is 1.19. The summed E-state index contributed by atoms with van der Waals surface area (Å²) < 4.78 is 0. The first-order valence-corrected chi connectivity index (χ1v) is 28.0. The van der Waals surface area contributed by atoms with E-state index in [0.29, 0.717) is 18.0 Å². The molecule has 2 nitrogen and oxygen atoms in total. The molecule has 0 bridgehead atoms. The van der Waals surface area contributed by atoms with Crippen LogP contribution in [0.3, 0.4) is 0 Å². The average Bonchev–Trinajstić information content (AvgIpc) is 3.14. The molecule has 52 heavy (non-hydrogen) atoms. The average molecular weight is 842 g/mol. The molecule has 0 aromatic heterocycles. The van der Waals surface area contributed by atoms with Gasteiger partial charge in [-0.2, -0.15) is 0 Å². The third-order valence-corrected chi connectivity index (χ3v) is 14.4. The summed E-state index contributed by atoms with van der Waals surface area (Å²) in [5, 5.41) is 0. The van der Waals surface area contributed by atoms with Crippen LogP contribution in [0, 0.1) is 5.92 Å². The number of halogens is 6. The molecule has 0 amide bonds. The van der Waals surface area contributed by atoms with E-state index in [1.165, 1.54) is 5.56 Å². The minimum atomic E-state index is -2.60. The number of nitrogens with zero attached hydrogens (tertiary/aromatic N) is 2. The Morgan fingerprint density at radius 3 is 1.42 bits per heavy atom. The van der Waals surface area contributed by atoms with Crippen LogP contribution < -0.4 is 9.80 Å². The Morgan fingerprint density at radius 1 is 0.500 bits per heavy atom. The van der Waals surface area contributed by atoms with Gasteiger partial charge in [-0.05, 0) is 127 Å². The van der Waals surface area contributed by atoms with Crippen LogP contribution in [-0.2, 0) is 6.42 Å². The van der Waals surface area contributed by atoms with Crippen LogP contribution in [0.15, 0.2) is 157 Å². The summed E-state index contributed by atoms with van der Waals surface area (Å²) in [6, 6.07) is 43.4. The topological polar surface area (TPSA) is 6.48 Å². The fourth-order valence-corrected chi connectivity index (χ4v) is 10.1. The number of benzene rings is 5. The van der Waals surface area contributed by atoms with Crippen molar-refractivity contribution in [3.05, 3.63) is 163 Å². The predicted molar refractivity (Wildman–Crippen MR) is 234 cm³/mol. The van der Waals surface area contributed by atoms with Gasteiger partial charge in [-0.3, -0.25) is 0 Å². The van der Waals surface area contributed by atoms with Crippen LogP contribution in [0.2, 0.25) is 12.1 Å². The number of hydrogen-bond donors (Lipinski definition) is 0. The molecule has 1 atom stereocenters. The zero-order chi connectivity index (χ0) is 36.6. The lowest BCUT2D eigenvalue weighted by Gasteiger charge is -2.29. The van der Waals surface area contributed by atoms with E-state index in [1.807, 2.05) is 6.07 Å². The van der Waals surface area contributed by atoms with E-state index in [-0.39, 0.29) is 0 Å². The highest BCUT2D eigenvalue weighted by atomic mass is 35.8. The summed E-state index contributed by atoms with van der Waals surface area (Å²) >= 11 is 36.6. The van der Waals surface area contributed by atoms with Gasteiger partial charge >= 0.3 is 12.0 Å². The Morgan fingerprint density at radius 2 is 0.942 bits per heavy atom. The molecule has 0 heterocycles. The summed E-state index contributed by atoms with van der Waals surface area (Å²) in [6.45, 7) is 0. The van der Waals surface area contributed by atoms with Gasteiger partial charge in [0.15, 0.2) is 0 Å². The Hall–Kier alpha value is -2.65. The summed E-state index contributed by atoms with van der Waals surface area (Å²) in [7, 11) is 0. The Kier molecular flexibility index (Phi) is 13.6. The quantitative estimate of drug-likeness (QED) is 0.0765. The van der Waals surface area contributed by atoms with Gasteiger partial charge < -0.3 is 9.80 Å². The van der Waals surface area contributed by atoms with Crippen LogP contribution in [-0.4, -0.2) is 12.0 Å². The van der Waals surface area contributed by atoms with Crippen molar-refractivity contribution in [2.75, 3.05) is 9.80 Å². The second-order valence-corrected chi connectivity index (χ2v) is 31.6. The van der Waals surface area contributed by atoms with E-state index in [9.17, 15) is 0 Å². The number of anilines is 5. The third-order valence-electron chi connectivity index (χ3n) is 9.20. The maximum atomic E-state index is 6.12. The number of hydrogen-bond acceptors (Lipinski definition) is 2. The minimum Gasteiger partial charge on any atom is -0.311 e. The van der Waals surface area contributed by atoms with Crippen LogP contribution in [0.1, 0.15) is 31.2 Å². The molecule has 0 saturated heterocycles. The highest BCUT2D eigenvalue weighted by Crippen LogP contribution is 2.38. The highest BCUT2D eigenvalue weighted by molar-refractivity contribution is 7.65. The van der Waals surface area contributed by atoms with Gasteiger partial charge in [0.25, 0.3) is 0 Å². The van der Waals surface area contributed by atoms with Crippen LogP contribution in [0.4, 0.5) is 28.4 Å². The van der Waals surface area contributed by atoms with Crippen molar-refractivity contribution in [2.45, 2.75) is 44.2 Å². The molecule has 0 fully saturated rings. The van der Waals surface area contributed by atoms with Crippen molar-refractivity contribution >= 4 is 107 Å². The van der Waals surface area contributed by atoms with Crippen molar-refractivity contribution in [1.29, 1.82) is 0 Å². The first-order valence-electron chi connectivity index (χ1n) is 17.5. The molecule has 10 heteroatoms. The van der Waals surface area contributed by atoms with E-state index in [1.54, 1.807) is 0 Å². The van der Waals surface area contributed by atoms with E-state index >= 15 is 0 Å². The third kappa shape index (κ3) is 11.2. The maximum absolute atomic E-state index is 6.12. The molecule has 0 saturated carbocycles. The SMILES string of the molecule is Cl[Si](Cl)(Cl)CCCc1ccc(N(c2ccccc2)c2ccc(-c3ccc(N(C4=CCC(CCC[Si](Cl)(Cl)Cl)C=C4)c4ccccc4)cc3)cc2)cc1. The first kappa shape index (κ1) is 39.1. The van der Waals surface area contributed by atoms with Crippen molar-refractivity contribution in [1.82, 2.24) is 0 Å². The predicted octanol–water partition coefficient (Wildman–Crippen LogP) is 15.4. The zero-order valence-corrected chi connectivity index (χ0v) is 35.2. The van der Waals surface area contributed by atoms with Gasteiger partial charge in [0.05, 0.1) is 0 Å². The minimum absolute atomic E-state index is 0.456. The van der Waals surface area contributed by atoms with Gasteiger partial charge in [0.2, 0.25) is 0 Å². The van der Waals surface area contributed by atoms with Gasteiger partial charge in [-0.25, -0.2) is 0 Å². The second-order valence-electron chi connectivity index (χ2n) is 13.1. The highest BCUT2D eigenvalue weighted by Gasteiger charge is 2.25. The molecule has 0 aliphatic heterocycles. The van der Waals surface area contributed by atoms with Gasteiger partial charge in [0.1, 0.15) is 0 Å². The van der Waals surface area contributed by atoms with Crippen molar-refractivity contribution in [3.8, 4) is 11.1 Å². The summed E-state index contributed by atoms with van der Waals surface area (Å²) in [4.78, 5) is 4.60. The molecule has 1 unspecified atom stereocenters. The molecule has 1 aliphatic rings. The summed E-state index contributed by atoms with van der Waals surface area (Å²) in [5.74, 6) is 0.456. The fraction of sp³-hybridized carbons (Fsp3) is 0.190. The molecule has 0 radical (unpaired) electrons. The normalized spacial score (nSPS) is 14.6. The maximum Gasteiger partial charge on any atom is 0.341 e. The van der Waals surface area contributed by atoms with Crippen molar-refractivity contribution in [2.24, 2.45) is 5.92 Å². The van der Waals surface area contributed by atoms with E-state index < -0.39 is 12.0 Å². The van der Waals surface area contributed by atoms with E-state index in [0.717, 1.165) is 77.4 Å². The molecule has 5 aromatic carbocycles. The number of aryl methyl sites for hydroxylation is 1. The molecule has 5 aromatic rings. The van der Waals surface area contributed by atoms with Crippen LogP contribution in [0.25, 0.3) is 11.1 Å². The van der Waals surface area contributed by atoms with E-state index in [2.05, 4.69) is 155 Å². The molecule has 0 N–H and O–H groups in total. The number of rotatable bonds is 15.